The smallest absolute Gasteiger partial charge is 0.270 e. The van der Waals surface area contributed by atoms with Gasteiger partial charge in [-0.1, -0.05) is 12.1 Å². The number of nitriles is 1. The number of amides is 1. The van der Waals surface area contributed by atoms with Crippen LogP contribution >= 0.6 is 0 Å². The van der Waals surface area contributed by atoms with Gasteiger partial charge in [0.1, 0.15) is 17.3 Å². The highest BCUT2D eigenvalue weighted by Crippen LogP contribution is 2.44. The molecule has 8 heteroatoms. The lowest BCUT2D eigenvalue weighted by atomic mass is 9.76. The van der Waals surface area contributed by atoms with E-state index in [-0.39, 0.29) is 22.9 Å². The number of ketones is 1. The Labute approximate surface area is 185 Å². The second-order valence-electron chi connectivity index (χ2n) is 7.58. The number of allylic oxidation sites excluding steroid dienone is 3. The summed E-state index contributed by atoms with van der Waals surface area (Å²) in [6, 6.07) is 15.1. The number of phenolic OH excluding ortho intramolecular Hbond substituents is 1. The summed E-state index contributed by atoms with van der Waals surface area (Å²) in [7, 11) is 1.56. The maximum absolute atomic E-state index is 13.0. The van der Waals surface area contributed by atoms with Crippen molar-refractivity contribution in [2.24, 2.45) is 5.73 Å². The summed E-state index contributed by atoms with van der Waals surface area (Å²) >= 11 is 0. The number of hydrazine groups is 1. The number of Topliss-reactive ketones (excluding diaryl/α,β-unsaturated/α-hetero) is 1. The number of hydrogen-bond donors (Lipinski definition) is 3. The molecule has 4 N–H and O–H groups in total. The molecule has 32 heavy (non-hydrogen) atoms. The third kappa shape index (κ3) is 3.65. The van der Waals surface area contributed by atoms with Crippen LogP contribution in [0, 0.1) is 11.3 Å². The van der Waals surface area contributed by atoms with Crippen LogP contribution in [0.2, 0.25) is 0 Å². The van der Waals surface area contributed by atoms with Gasteiger partial charge in [0.25, 0.3) is 5.91 Å². The Morgan fingerprint density at radius 2 is 1.88 bits per heavy atom. The molecular weight excluding hydrogens is 408 g/mol. The molecule has 2 aliphatic rings. The molecule has 1 atom stereocenters. The summed E-state index contributed by atoms with van der Waals surface area (Å²) in [5.41, 5.74) is 11.4. The van der Waals surface area contributed by atoms with Crippen molar-refractivity contribution in [3.63, 3.8) is 0 Å². The number of nitrogens with zero attached hydrogens (tertiary/aromatic N) is 2. The molecule has 1 aliphatic carbocycles. The minimum Gasteiger partial charge on any atom is -0.508 e. The fourth-order valence-electron chi connectivity index (χ4n) is 4.12. The van der Waals surface area contributed by atoms with E-state index in [1.165, 1.54) is 29.3 Å². The zero-order valence-corrected chi connectivity index (χ0v) is 17.5. The predicted molar refractivity (Wildman–Crippen MR) is 116 cm³/mol. The number of nitrogens with one attached hydrogen (secondary N) is 1. The molecule has 0 aromatic heterocycles. The van der Waals surface area contributed by atoms with E-state index in [1.54, 1.807) is 19.2 Å². The molecule has 0 spiro atoms. The molecular formula is C24H22N4O4. The summed E-state index contributed by atoms with van der Waals surface area (Å²) in [5.74, 6) is -0.387. The van der Waals surface area contributed by atoms with Crippen molar-refractivity contribution >= 4 is 11.7 Å². The molecule has 4 rings (SSSR count). The lowest BCUT2D eigenvalue weighted by Gasteiger charge is -2.39. The fraction of sp³-hybridized carbons (Fsp3) is 0.208. The predicted octanol–water partition coefficient (Wildman–Crippen LogP) is 2.85. The van der Waals surface area contributed by atoms with E-state index in [0.717, 1.165) is 5.56 Å². The Morgan fingerprint density at radius 3 is 2.50 bits per heavy atom. The first-order valence-corrected chi connectivity index (χ1v) is 10.1. The van der Waals surface area contributed by atoms with Gasteiger partial charge in [0, 0.05) is 23.3 Å². The molecule has 1 amide bonds. The Bertz CT molecular complexity index is 1170. The molecule has 8 nitrogen and oxygen atoms in total. The van der Waals surface area contributed by atoms with Gasteiger partial charge >= 0.3 is 0 Å². The third-order valence-corrected chi connectivity index (χ3v) is 5.71. The maximum atomic E-state index is 13.0. The molecule has 0 bridgehead atoms. The van der Waals surface area contributed by atoms with Crippen LogP contribution in [0.3, 0.4) is 0 Å². The number of ether oxygens (including phenoxy) is 1. The number of hydrogen-bond acceptors (Lipinski definition) is 7. The first kappa shape index (κ1) is 21.0. The van der Waals surface area contributed by atoms with Gasteiger partial charge in [0.05, 0.1) is 24.7 Å². The third-order valence-electron chi connectivity index (χ3n) is 5.71. The summed E-state index contributed by atoms with van der Waals surface area (Å²) in [4.78, 5) is 25.8. The van der Waals surface area contributed by atoms with Crippen molar-refractivity contribution < 1.29 is 19.4 Å². The van der Waals surface area contributed by atoms with Crippen LogP contribution in [-0.2, 0) is 4.79 Å². The molecule has 1 unspecified atom stereocenters. The minimum absolute atomic E-state index is 0.0379. The monoisotopic (exact) mass is 430 g/mol. The van der Waals surface area contributed by atoms with Gasteiger partial charge in [-0.15, -0.1) is 0 Å². The summed E-state index contributed by atoms with van der Waals surface area (Å²) in [5, 5.41) is 20.8. The lowest BCUT2D eigenvalue weighted by molar-refractivity contribution is -0.116. The van der Waals surface area contributed by atoms with E-state index in [2.05, 4.69) is 11.5 Å². The van der Waals surface area contributed by atoms with E-state index in [0.29, 0.717) is 41.8 Å². The van der Waals surface area contributed by atoms with E-state index >= 15 is 0 Å². The van der Waals surface area contributed by atoms with Gasteiger partial charge in [-0.3, -0.25) is 15.0 Å². The van der Waals surface area contributed by atoms with Crippen LogP contribution in [0.25, 0.3) is 0 Å². The van der Waals surface area contributed by atoms with E-state index in [4.69, 9.17) is 10.5 Å². The molecule has 1 heterocycles. The standard InChI is InChI=1S/C24H22N4O4/c1-32-17-11-7-14(8-12-17)21-18(13-25)23(26)28(19-3-2-4-20(30)22(19)21)27-24(31)15-5-9-16(29)10-6-15/h5-12,21,29H,2-4,26H2,1H3,(H,27,31). The summed E-state index contributed by atoms with van der Waals surface area (Å²) < 4.78 is 5.22. The minimum atomic E-state index is -0.615. The van der Waals surface area contributed by atoms with Gasteiger partial charge in [0.15, 0.2) is 5.78 Å². The Kier molecular flexibility index (Phi) is 5.56. The van der Waals surface area contributed by atoms with E-state index in [9.17, 15) is 20.0 Å². The second kappa shape index (κ2) is 8.47. The molecule has 0 radical (unpaired) electrons. The molecule has 2 aromatic carbocycles. The number of methoxy groups -OCH3 is 1. The van der Waals surface area contributed by atoms with Crippen molar-refractivity contribution in [3.05, 3.63) is 82.3 Å². The zero-order chi connectivity index (χ0) is 22.8. The maximum Gasteiger partial charge on any atom is 0.270 e. The summed E-state index contributed by atoms with van der Waals surface area (Å²) in [6.07, 6.45) is 1.51. The molecule has 0 fully saturated rings. The van der Waals surface area contributed by atoms with Gasteiger partial charge in [0.2, 0.25) is 0 Å². The van der Waals surface area contributed by atoms with Crippen LogP contribution in [0.5, 0.6) is 11.5 Å². The number of rotatable bonds is 4. The number of aromatic hydroxyl groups is 1. The van der Waals surface area contributed by atoms with Crippen LogP contribution in [0.4, 0.5) is 0 Å². The van der Waals surface area contributed by atoms with Gasteiger partial charge in [-0.25, -0.2) is 5.01 Å². The van der Waals surface area contributed by atoms with Crippen molar-refractivity contribution in [2.75, 3.05) is 7.11 Å². The average Bonchev–Trinajstić information content (AvgIpc) is 2.81. The van der Waals surface area contributed by atoms with Crippen LogP contribution in [0.15, 0.2) is 71.2 Å². The van der Waals surface area contributed by atoms with Gasteiger partial charge in [-0.05, 0) is 54.8 Å². The largest absolute Gasteiger partial charge is 0.508 e. The molecule has 1 aliphatic heterocycles. The van der Waals surface area contributed by atoms with Crippen molar-refractivity contribution in [1.82, 2.24) is 10.4 Å². The average molecular weight is 430 g/mol. The molecule has 0 saturated carbocycles. The number of phenols is 1. The second-order valence-corrected chi connectivity index (χ2v) is 7.58. The highest BCUT2D eigenvalue weighted by Gasteiger charge is 2.40. The van der Waals surface area contributed by atoms with Crippen molar-refractivity contribution in [1.29, 1.82) is 5.26 Å². The Hall–Kier alpha value is -4.25. The fourth-order valence-corrected chi connectivity index (χ4v) is 4.12. The van der Waals surface area contributed by atoms with Crippen LogP contribution in [0.1, 0.15) is 41.1 Å². The zero-order valence-electron chi connectivity index (χ0n) is 17.5. The van der Waals surface area contributed by atoms with Crippen LogP contribution in [-0.4, -0.2) is 28.9 Å². The van der Waals surface area contributed by atoms with Gasteiger partial charge < -0.3 is 15.6 Å². The SMILES string of the molecule is COc1ccc(C2C(C#N)=C(N)N(NC(=O)c3ccc(O)cc3)C3=C2C(=O)CCC3)cc1. The Morgan fingerprint density at radius 1 is 1.19 bits per heavy atom. The van der Waals surface area contributed by atoms with Crippen LogP contribution < -0.4 is 15.9 Å². The number of nitrogens with two attached hydrogens (primary N) is 1. The number of carbonyl (C=O) groups is 2. The molecule has 2 aromatic rings. The first-order chi connectivity index (χ1) is 15.4. The van der Waals surface area contributed by atoms with E-state index in [1.807, 2.05) is 12.1 Å². The topological polar surface area (TPSA) is 129 Å². The quantitative estimate of drug-likeness (QED) is 0.680. The lowest BCUT2D eigenvalue weighted by Crippen LogP contribution is -2.48. The Balaban J connectivity index is 1.78. The highest BCUT2D eigenvalue weighted by atomic mass is 16.5. The highest BCUT2D eigenvalue weighted by molar-refractivity contribution is 6.00. The number of carbonyl (C=O) groups excluding carboxylic acids is 2. The normalized spacial score (nSPS) is 18.2. The van der Waals surface area contributed by atoms with Crippen molar-refractivity contribution in [3.8, 4) is 17.6 Å². The summed E-state index contributed by atoms with van der Waals surface area (Å²) in [6.45, 7) is 0. The number of benzene rings is 2. The molecule has 162 valence electrons. The van der Waals surface area contributed by atoms with E-state index < -0.39 is 11.8 Å². The van der Waals surface area contributed by atoms with Gasteiger partial charge in [-0.2, -0.15) is 5.26 Å². The first-order valence-electron chi connectivity index (χ1n) is 10.1. The van der Waals surface area contributed by atoms with Crippen molar-refractivity contribution in [2.45, 2.75) is 25.2 Å². The molecule has 0 saturated heterocycles.